The van der Waals surface area contributed by atoms with Crippen LogP contribution < -0.4 is 5.32 Å². The molecule has 2 nitrogen and oxygen atoms in total. The monoisotopic (exact) mass is 253 g/mol. The second-order valence-electron chi connectivity index (χ2n) is 5.04. The number of aryl methyl sites for hydroxylation is 1. The molecule has 0 atom stereocenters. The van der Waals surface area contributed by atoms with Gasteiger partial charge in [-0.2, -0.15) is 0 Å². The Kier molecular flexibility index (Phi) is 5.01. The highest BCUT2D eigenvalue weighted by Crippen LogP contribution is 2.10. The molecule has 94 valence electrons. The molecule has 17 heavy (non-hydrogen) atoms. The molecule has 0 aromatic heterocycles. The maximum Gasteiger partial charge on any atom is 0.224 e. The Balaban J connectivity index is 2.55. The average Bonchev–Trinajstić information content (AvgIpc) is 2.15. The molecule has 0 aliphatic rings. The third kappa shape index (κ3) is 5.22. The van der Waals surface area contributed by atoms with Crippen molar-refractivity contribution in [2.75, 3.05) is 5.88 Å². The molecule has 0 saturated heterocycles. The smallest absolute Gasteiger partial charge is 0.224 e. The van der Waals surface area contributed by atoms with E-state index in [1.165, 1.54) is 5.56 Å². The highest BCUT2D eigenvalue weighted by molar-refractivity contribution is 6.17. The number of hydrogen-bond acceptors (Lipinski definition) is 1. The first-order valence-electron chi connectivity index (χ1n) is 5.85. The van der Waals surface area contributed by atoms with E-state index in [0.29, 0.717) is 12.3 Å². The van der Waals surface area contributed by atoms with E-state index in [1.807, 2.05) is 45.0 Å². The number of carbonyl (C=O) groups excluding carboxylic acids is 1. The normalized spacial score (nSPS) is 11.3. The van der Waals surface area contributed by atoms with E-state index >= 15 is 0 Å². The number of benzene rings is 1. The molecule has 0 radical (unpaired) electrons. The van der Waals surface area contributed by atoms with Crippen molar-refractivity contribution in [2.45, 2.75) is 39.2 Å². The summed E-state index contributed by atoms with van der Waals surface area (Å²) in [6, 6.07) is 8.01. The van der Waals surface area contributed by atoms with E-state index in [4.69, 9.17) is 11.6 Å². The number of alkyl halides is 1. The molecule has 1 N–H and O–H groups in total. The predicted octanol–water partition coefficient (Wildman–Crippen LogP) is 3.06. The summed E-state index contributed by atoms with van der Waals surface area (Å²) in [5, 5.41) is 3.00. The van der Waals surface area contributed by atoms with Gasteiger partial charge in [0.1, 0.15) is 0 Å². The first-order valence-corrected chi connectivity index (χ1v) is 6.39. The lowest BCUT2D eigenvalue weighted by Gasteiger charge is -2.25. The van der Waals surface area contributed by atoms with Gasteiger partial charge in [0.25, 0.3) is 0 Å². The van der Waals surface area contributed by atoms with Crippen LogP contribution in [0.4, 0.5) is 0 Å². The summed E-state index contributed by atoms with van der Waals surface area (Å²) in [7, 11) is 0. The minimum absolute atomic E-state index is 0.0470. The van der Waals surface area contributed by atoms with Crippen molar-refractivity contribution in [3.8, 4) is 0 Å². The lowest BCUT2D eigenvalue weighted by molar-refractivity contribution is -0.122. The molecular weight excluding hydrogens is 234 g/mol. The van der Waals surface area contributed by atoms with Gasteiger partial charge in [-0.1, -0.05) is 29.8 Å². The number of nitrogens with one attached hydrogen (secondary N) is 1. The topological polar surface area (TPSA) is 29.1 Å². The lowest BCUT2D eigenvalue weighted by Crippen LogP contribution is -2.44. The highest BCUT2D eigenvalue weighted by Gasteiger charge is 2.19. The fraction of sp³-hybridized carbons (Fsp3) is 0.500. The van der Waals surface area contributed by atoms with Crippen molar-refractivity contribution in [1.29, 1.82) is 0 Å². The molecule has 0 bridgehead atoms. The zero-order chi connectivity index (χ0) is 12.9. The van der Waals surface area contributed by atoms with Gasteiger partial charge in [0.15, 0.2) is 0 Å². The van der Waals surface area contributed by atoms with Gasteiger partial charge in [0, 0.05) is 11.4 Å². The first-order chi connectivity index (χ1) is 7.93. The fourth-order valence-corrected chi connectivity index (χ4v) is 2.20. The highest BCUT2D eigenvalue weighted by atomic mass is 35.5. The van der Waals surface area contributed by atoms with Crippen LogP contribution in [0.15, 0.2) is 24.3 Å². The zero-order valence-corrected chi connectivity index (χ0v) is 11.5. The summed E-state index contributed by atoms with van der Waals surface area (Å²) in [6.07, 6.45) is 1.20. The Morgan fingerprint density at radius 1 is 1.41 bits per heavy atom. The van der Waals surface area contributed by atoms with E-state index in [9.17, 15) is 4.79 Å². The first kappa shape index (κ1) is 14.0. The molecule has 0 aliphatic carbocycles. The number of amides is 1. The Morgan fingerprint density at radius 2 is 2.12 bits per heavy atom. The molecule has 1 aromatic carbocycles. The molecule has 0 aliphatic heterocycles. The molecule has 1 rings (SSSR count). The third-order valence-electron chi connectivity index (χ3n) is 2.64. The summed E-state index contributed by atoms with van der Waals surface area (Å²) in [5.74, 6) is 0.600. The van der Waals surface area contributed by atoms with Gasteiger partial charge in [0.2, 0.25) is 5.91 Å². The molecule has 3 heteroatoms. The van der Waals surface area contributed by atoms with Gasteiger partial charge in [0.05, 0.1) is 6.42 Å². The number of carbonyl (C=O) groups is 1. The van der Waals surface area contributed by atoms with Gasteiger partial charge in [-0.15, -0.1) is 11.6 Å². The molecule has 0 saturated carbocycles. The van der Waals surface area contributed by atoms with Crippen molar-refractivity contribution in [1.82, 2.24) is 5.32 Å². The van der Waals surface area contributed by atoms with E-state index in [0.717, 1.165) is 12.0 Å². The van der Waals surface area contributed by atoms with Gasteiger partial charge < -0.3 is 5.32 Å². The molecular formula is C14H20ClNO. The van der Waals surface area contributed by atoms with Crippen LogP contribution in [0.25, 0.3) is 0 Å². The molecule has 0 unspecified atom stereocenters. The SMILES string of the molecule is Cc1cccc(CC(=O)NC(C)(C)CCCl)c1. The van der Waals surface area contributed by atoms with E-state index < -0.39 is 0 Å². The van der Waals surface area contributed by atoms with Crippen LogP contribution in [-0.2, 0) is 11.2 Å². The maximum atomic E-state index is 11.9. The minimum Gasteiger partial charge on any atom is -0.351 e. The van der Waals surface area contributed by atoms with E-state index in [-0.39, 0.29) is 11.4 Å². The fourth-order valence-electron chi connectivity index (χ4n) is 1.73. The van der Waals surface area contributed by atoms with E-state index in [1.54, 1.807) is 0 Å². The van der Waals surface area contributed by atoms with Gasteiger partial charge in [-0.05, 0) is 32.8 Å². The summed E-state index contributed by atoms with van der Waals surface area (Å²) in [6.45, 7) is 6.01. The van der Waals surface area contributed by atoms with Gasteiger partial charge in [-0.3, -0.25) is 4.79 Å². The molecule has 0 fully saturated rings. The van der Waals surface area contributed by atoms with Crippen molar-refractivity contribution in [3.05, 3.63) is 35.4 Å². The van der Waals surface area contributed by atoms with Crippen molar-refractivity contribution >= 4 is 17.5 Å². The van der Waals surface area contributed by atoms with Gasteiger partial charge in [-0.25, -0.2) is 0 Å². The standard InChI is InChI=1S/C14H20ClNO/c1-11-5-4-6-12(9-11)10-13(17)16-14(2,3)7-8-15/h4-6,9H,7-8,10H2,1-3H3,(H,16,17). The summed E-state index contributed by atoms with van der Waals surface area (Å²) < 4.78 is 0. The second-order valence-corrected chi connectivity index (χ2v) is 5.41. The van der Waals surface area contributed by atoms with Crippen LogP contribution in [0.3, 0.4) is 0 Å². The summed E-state index contributed by atoms with van der Waals surface area (Å²) in [4.78, 5) is 11.9. The predicted molar refractivity (Wildman–Crippen MR) is 72.4 cm³/mol. The molecule has 0 heterocycles. The zero-order valence-electron chi connectivity index (χ0n) is 10.7. The van der Waals surface area contributed by atoms with Crippen molar-refractivity contribution < 1.29 is 4.79 Å². The third-order valence-corrected chi connectivity index (χ3v) is 2.83. The van der Waals surface area contributed by atoms with Gasteiger partial charge >= 0.3 is 0 Å². The van der Waals surface area contributed by atoms with Crippen LogP contribution in [0.5, 0.6) is 0 Å². The summed E-state index contributed by atoms with van der Waals surface area (Å²) >= 11 is 5.70. The Morgan fingerprint density at radius 3 is 2.71 bits per heavy atom. The Hall–Kier alpha value is -1.02. The quantitative estimate of drug-likeness (QED) is 0.803. The Labute approximate surface area is 108 Å². The summed E-state index contributed by atoms with van der Waals surface area (Å²) in [5.41, 5.74) is 1.99. The number of halogens is 1. The lowest BCUT2D eigenvalue weighted by atomic mass is 10.0. The molecule has 1 aromatic rings. The van der Waals surface area contributed by atoms with Crippen LogP contribution in [0.2, 0.25) is 0 Å². The molecule has 1 amide bonds. The number of hydrogen-bond donors (Lipinski definition) is 1. The van der Waals surface area contributed by atoms with Crippen LogP contribution in [0.1, 0.15) is 31.4 Å². The Bertz CT molecular complexity index is 388. The maximum absolute atomic E-state index is 11.9. The van der Waals surface area contributed by atoms with Crippen LogP contribution in [-0.4, -0.2) is 17.3 Å². The van der Waals surface area contributed by atoms with Crippen LogP contribution >= 0.6 is 11.6 Å². The second kappa shape index (κ2) is 6.06. The van der Waals surface area contributed by atoms with Crippen molar-refractivity contribution in [3.63, 3.8) is 0 Å². The average molecular weight is 254 g/mol. The molecule has 0 spiro atoms. The largest absolute Gasteiger partial charge is 0.351 e. The minimum atomic E-state index is -0.233. The van der Waals surface area contributed by atoms with Crippen LogP contribution in [0, 0.1) is 6.92 Å². The van der Waals surface area contributed by atoms with E-state index in [2.05, 4.69) is 5.32 Å². The number of rotatable bonds is 5. The van der Waals surface area contributed by atoms with Crippen molar-refractivity contribution in [2.24, 2.45) is 0 Å².